The molecule has 3 N–H and O–H groups in total. The molecule has 0 spiro atoms. The molecule has 0 bridgehead atoms. The largest absolute Gasteiger partial charge is 0.508 e. The molecule has 146 valence electrons. The van der Waals surface area contributed by atoms with E-state index in [1.807, 2.05) is 0 Å². The predicted molar refractivity (Wildman–Crippen MR) is 105 cm³/mol. The minimum atomic E-state index is 0.173. The number of anilines is 1. The summed E-state index contributed by atoms with van der Waals surface area (Å²) < 4.78 is 21.2. The Morgan fingerprint density at radius 3 is 2.15 bits per heavy atom. The molecule has 2 rings (SSSR count). The Labute approximate surface area is 158 Å². The van der Waals surface area contributed by atoms with Crippen molar-refractivity contribution in [3.05, 3.63) is 35.9 Å². The van der Waals surface area contributed by atoms with Crippen LogP contribution in [0.1, 0.15) is 5.56 Å². The normalized spacial score (nSPS) is 10.9. The standard InChI is InChI=1S/C19H25N3O5/c1-20-19(21-11-12-8-14(24-2)6-7-15(12)23)22-13-9-16(25-3)18(27-5)17(10-13)26-4/h6-10,23H,11H2,1-5H3,(H2,20,21,22). The van der Waals surface area contributed by atoms with E-state index >= 15 is 0 Å². The fraction of sp³-hybridized carbons (Fsp3) is 0.316. The van der Waals surface area contributed by atoms with Gasteiger partial charge in [0.05, 0.1) is 28.4 Å². The first kappa shape index (κ1) is 20.0. The summed E-state index contributed by atoms with van der Waals surface area (Å²) in [6, 6.07) is 8.59. The number of phenols is 1. The van der Waals surface area contributed by atoms with Crippen LogP contribution in [0.25, 0.3) is 0 Å². The Morgan fingerprint density at radius 1 is 0.963 bits per heavy atom. The van der Waals surface area contributed by atoms with Crippen molar-refractivity contribution in [1.29, 1.82) is 0 Å². The van der Waals surface area contributed by atoms with Gasteiger partial charge < -0.3 is 34.7 Å². The average Bonchev–Trinajstić information content (AvgIpc) is 2.71. The van der Waals surface area contributed by atoms with E-state index in [0.29, 0.717) is 46.8 Å². The van der Waals surface area contributed by atoms with Crippen LogP contribution in [-0.4, -0.2) is 46.6 Å². The second-order valence-electron chi connectivity index (χ2n) is 5.46. The number of aromatic hydroxyl groups is 1. The number of methoxy groups -OCH3 is 4. The minimum absolute atomic E-state index is 0.173. The molecule has 0 atom stereocenters. The maximum absolute atomic E-state index is 10.00. The first-order valence-electron chi connectivity index (χ1n) is 8.19. The van der Waals surface area contributed by atoms with Gasteiger partial charge in [0.2, 0.25) is 5.75 Å². The highest BCUT2D eigenvalue weighted by Gasteiger charge is 2.14. The van der Waals surface area contributed by atoms with Gasteiger partial charge in [0.15, 0.2) is 17.5 Å². The van der Waals surface area contributed by atoms with E-state index in [2.05, 4.69) is 15.6 Å². The fourth-order valence-corrected chi connectivity index (χ4v) is 2.48. The van der Waals surface area contributed by atoms with Crippen molar-refractivity contribution in [1.82, 2.24) is 5.32 Å². The lowest BCUT2D eigenvalue weighted by Crippen LogP contribution is -2.30. The van der Waals surface area contributed by atoms with Gasteiger partial charge in [-0.25, -0.2) is 0 Å². The lowest BCUT2D eigenvalue weighted by Gasteiger charge is -2.17. The fourth-order valence-electron chi connectivity index (χ4n) is 2.48. The van der Waals surface area contributed by atoms with Crippen LogP contribution in [0.5, 0.6) is 28.7 Å². The first-order valence-corrected chi connectivity index (χ1v) is 8.19. The monoisotopic (exact) mass is 375 g/mol. The number of nitrogens with zero attached hydrogens (tertiary/aromatic N) is 1. The third-order valence-corrected chi connectivity index (χ3v) is 3.88. The van der Waals surface area contributed by atoms with Crippen LogP contribution in [0.2, 0.25) is 0 Å². The van der Waals surface area contributed by atoms with Crippen LogP contribution in [0, 0.1) is 0 Å². The summed E-state index contributed by atoms with van der Waals surface area (Å²) in [5, 5.41) is 16.3. The van der Waals surface area contributed by atoms with E-state index < -0.39 is 0 Å². The minimum Gasteiger partial charge on any atom is -0.508 e. The van der Waals surface area contributed by atoms with Crippen LogP contribution in [0.15, 0.2) is 35.3 Å². The van der Waals surface area contributed by atoms with Gasteiger partial charge >= 0.3 is 0 Å². The van der Waals surface area contributed by atoms with Crippen LogP contribution in [0.4, 0.5) is 5.69 Å². The number of guanidine groups is 1. The number of hydrogen-bond donors (Lipinski definition) is 3. The number of phenolic OH excluding ortho intramolecular Hbond substituents is 1. The van der Waals surface area contributed by atoms with Crippen molar-refractivity contribution in [3.8, 4) is 28.7 Å². The summed E-state index contributed by atoms with van der Waals surface area (Å²) >= 11 is 0. The summed E-state index contributed by atoms with van der Waals surface area (Å²) in [4.78, 5) is 4.19. The third-order valence-electron chi connectivity index (χ3n) is 3.88. The Balaban J connectivity index is 2.16. The topological polar surface area (TPSA) is 93.6 Å². The molecule has 0 amide bonds. The van der Waals surface area contributed by atoms with Crippen molar-refractivity contribution < 1.29 is 24.1 Å². The van der Waals surface area contributed by atoms with E-state index in [9.17, 15) is 5.11 Å². The molecule has 0 unspecified atom stereocenters. The zero-order valence-corrected chi connectivity index (χ0v) is 16.1. The molecule has 0 heterocycles. The van der Waals surface area contributed by atoms with Gasteiger partial charge in [-0.1, -0.05) is 0 Å². The van der Waals surface area contributed by atoms with E-state index in [1.165, 1.54) is 0 Å². The molecule has 0 aromatic heterocycles. The highest BCUT2D eigenvalue weighted by atomic mass is 16.5. The van der Waals surface area contributed by atoms with E-state index in [1.54, 1.807) is 65.8 Å². The van der Waals surface area contributed by atoms with Crippen molar-refractivity contribution >= 4 is 11.6 Å². The number of aliphatic imine (C=N–C) groups is 1. The second-order valence-corrected chi connectivity index (χ2v) is 5.46. The van der Waals surface area contributed by atoms with Crippen LogP contribution < -0.4 is 29.6 Å². The van der Waals surface area contributed by atoms with E-state index in [0.717, 1.165) is 0 Å². The summed E-state index contributed by atoms with van der Waals surface area (Å²) in [5.41, 5.74) is 1.38. The lowest BCUT2D eigenvalue weighted by molar-refractivity contribution is 0.324. The molecule has 8 heteroatoms. The molecule has 0 radical (unpaired) electrons. The molecule has 0 aliphatic heterocycles. The Kier molecular flexibility index (Phi) is 6.99. The Bertz CT molecular complexity index is 783. The van der Waals surface area contributed by atoms with Crippen molar-refractivity contribution in [2.75, 3.05) is 40.8 Å². The number of hydrogen-bond acceptors (Lipinski definition) is 6. The quantitative estimate of drug-likeness (QED) is 0.506. The van der Waals surface area contributed by atoms with Crippen molar-refractivity contribution in [2.45, 2.75) is 6.54 Å². The molecule has 0 fully saturated rings. The van der Waals surface area contributed by atoms with Gasteiger partial charge in [0, 0.05) is 37.0 Å². The SMILES string of the molecule is CN=C(NCc1cc(OC)ccc1O)Nc1cc(OC)c(OC)c(OC)c1. The highest BCUT2D eigenvalue weighted by Crippen LogP contribution is 2.39. The molecular formula is C19H25N3O5. The molecule has 2 aromatic rings. The highest BCUT2D eigenvalue weighted by molar-refractivity contribution is 5.94. The smallest absolute Gasteiger partial charge is 0.203 e. The summed E-state index contributed by atoms with van der Waals surface area (Å²) in [5.74, 6) is 2.91. The maximum Gasteiger partial charge on any atom is 0.203 e. The molecule has 0 saturated heterocycles. The Morgan fingerprint density at radius 2 is 1.63 bits per heavy atom. The maximum atomic E-state index is 10.00. The second kappa shape index (κ2) is 9.42. The molecule has 27 heavy (non-hydrogen) atoms. The van der Waals surface area contributed by atoms with Crippen LogP contribution in [0.3, 0.4) is 0 Å². The number of benzene rings is 2. The van der Waals surface area contributed by atoms with E-state index in [-0.39, 0.29) is 5.75 Å². The molecule has 0 saturated carbocycles. The van der Waals surface area contributed by atoms with Gasteiger partial charge in [0.25, 0.3) is 0 Å². The first-order chi connectivity index (χ1) is 13.1. The molecule has 8 nitrogen and oxygen atoms in total. The van der Waals surface area contributed by atoms with Gasteiger partial charge in [-0.3, -0.25) is 4.99 Å². The van der Waals surface area contributed by atoms with E-state index in [4.69, 9.17) is 18.9 Å². The Hall–Kier alpha value is -3.29. The average molecular weight is 375 g/mol. The molecule has 0 aliphatic rings. The van der Waals surface area contributed by atoms with Gasteiger partial charge in [-0.05, 0) is 18.2 Å². The molecule has 2 aromatic carbocycles. The zero-order chi connectivity index (χ0) is 19.8. The molecule has 0 aliphatic carbocycles. The summed E-state index contributed by atoms with van der Waals surface area (Å²) in [6.45, 7) is 0.354. The van der Waals surface area contributed by atoms with Crippen molar-refractivity contribution in [3.63, 3.8) is 0 Å². The predicted octanol–water partition coefficient (Wildman–Crippen LogP) is 2.61. The van der Waals surface area contributed by atoms with Crippen LogP contribution >= 0.6 is 0 Å². The lowest BCUT2D eigenvalue weighted by atomic mass is 10.2. The van der Waals surface area contributed by atoms with Gasteiger partial charge in [-0.15, -0.1) is 0 Å². The number of nitrogens with one attached hydrogen (secondary N) is 2. The van der Waals surface area contributed by atoms with Crippen LogP contribution in [-0.2, 0) is 6.54 Å². The van der Waals surface area contributed by atoms with Gasteiger partial charge in [-0.2, -0.15) is 0 Å². The van der Waals surface area contributed by atoms with Gasteiger partial charge in [0.1, 0.15) is 11.5 Å². The number of ether oxygens (including phenoxy) is 4. The number of rotatable bonds is 7. The summed E-state index contributed by atoms with van der Waals surface area (Å²) in [7, 11) is 7.89. The zero-order valence-electron chi connectivity index (χ0n) is 16.1. The van der Waals surface area contributed by atoms with Crippen molar-refractivity contribution in [2.24, 2.45) is 4.99 Å². The third kappa shape index (κ3) is 4.87. The molecular weight excluding hydrogens is 350 g/mol. The summed E-state index contributed by atoms with van der Waals surface area (Å²) in [6.07, 6.45) is 0.